The monoisotopic (exact) mass is 291 g/mol. The Labute approximate surface area is 128 Å². The van der Waals surface area contributed by atoms with Gasteiger partial charge >= 0.3 is 0 Å². The Morgan fingerprint density at radius 1 is 1.10 bits per heavy atom. The van der Waals surface area contributed by atoms with Crippen LogP contribution in [0.15, 0.2) is 17.5 Å². The molecule has 0 aliphatic heterocycles. The fraction of sp³-hybridized carbons (Fsp3) is 0.778. The van der Waals surface area contributed by atoms with E-state index in [-0.39, 0.29) is 0 Å². The second-order valence-corrected chi connectivity index (χ2v) is 7.76. The SMILES string of the molecule is c1csc(C(NCCCC2CCCC2)C2CCCC2)c1. The Hall–Kier alpha value is -0.340. The molecular weight excluding hydrogens is 262 g/mol. The Kier molecular flexibility index (Phi) is 5.55. The predicted octanol–water partition coefficient (Wildman–Crippen LogP) is 5.54. The van der Waals surface area contributed by atoms with Crippen LogP contribution < -0.4 is 5.32 Å². The minimum atomic E-state index is 0.640. The van der Waals surface area contributed by atoms with E-state index in [1.54, 1.807) is 4.88 Å². The lowest BCUT2D eigenvalue weighted by atomic mass is 9.96. The van der Waals surface area contributed by atoms with Crippen molar-refractivity contribution in [3.8, 4) is 0 Å². The van der Waals surface area contributed by atoms with Crippen molar-refractivity contribution in [1.29, 1.82) is 0 Å². The van der Waals surface area contributed by atoms with Gasteiger partial charge in [-0.1, -0.05) is 44.6 Å². The summed E-state index contributed by atoms with van der Waals surface area (Å²) in [6, 6.07) is 5.18. The standard InChI is InChI=1S/C18H29NS/c1-2-8-15(7-1)9-5-13-19-18(16-10-3-4-11-16)17-12-6-14-20-17/h6,12,14-16,18-19H,1-5,7-11,13H2. The lowest BCUT2D eigenvalue weighted by molar-refractivity contribution is 0.361. The third kappa shape index (κ3) is 3.85. The maximum absolute atomic E-state index is 3.90. The molecule has 3 rings (SSSR count). The molecule has 0 radical (unpaired) electrons. The van der Waals surface area contributed by atoms with Crippen LogP contribution in [-0.2, 0) is 0 Å². The van der Waals surface area contributed by atoms with Gasteiger partial charge in [-0.25, -0.2) is 0 Å². The van der Waals surface area contributed by atoms with Crippen LogP contribution in [0.25, 0.3) is 0 Å². The Morgan fingerprint density at radius 2 is 1.85 bits per heavy atom. The largest absolute Gasteiger partial charge is 0.309 e. The average Bonchev–Trinajstić information content (AvgIpc) is 3.22. The maximum atomic E-state index is 3.90. The van der Waals surface area contributed by atoms with Gasteiger partial charge in [-0.2, -0.15) is 0 Å². The zero-order valence-electron chi connectivity index (χ0n) is 12.7. The smallest absolute Gasteiger partial charge is 0.0443 e. The summed E-state index contributed by atoms with van der Waals surface area (Å²) in [5, 5.41) is 6.13. The first-order valence-electron chi connectivity index (χ1n) is 8.70. The molecule has 2 aliphatic rings. The van der Waals surface area contributed by atoms with Gasteiger partial charge in [-0.05, 0) is 55.5 Å². The van der Waals surface area contributed by atoms with E-state index >= 15 is 0 Å². The molecule has 1 atom stereocenters. The molecule has 2 heteroatoms. The third-order valence-corrected chi connectivity index (χ3v) is 6.30. The first-order chi connectivity index (χ1) is 9.93. The number of hydrogen-bond donors (Lipinski definition) is 1. The van der Waals surface area contributed by atoms with Gasteiger partial charge in [0.2, 0.25) is 0 Å². The molecule has 1 nitrogen and oxygen atoms in total. The van der Waals surface area contributed by atoms with Crippen molar-refractivity contribution in [2.24, 2.45) is 11.8 Å². The van der Waals surface area contributed by atoms with Crippen molar-refractivity contribution in [3.63, 3.8) is 0 Å². The minimum absolute atomic E-state index is 0.640. The molecule has 112 valence electrons. The quantitative estimate of drug-likeness (QED) is 0.650. The molecule has 1 N–H and O–H groups in total. The highest BCUT2D eigenvalue weighted by atomic mass is 32.1. The van der Waals surface area contributed by atoms with E-state index in [0.29, 0.717) is 6.04 Å². The van der Waals surface area contributed by atoms with Gasteiger partial charge in [0, 0.05) is 10.9 Å². The van der Waals surface area contributed by atoms with Gasteiger partial charge in [0.05, 0.1) is 0 Å². The van der Waals surface area contributed by atoms with E-state index in [0.717, 1.165) is 11.8 Å². The zero-order chi connectivity index (χ0) is 13.6. The summed E-state index contributed by atoms with van der Waals surface area (Å²) in [4.78, 5) is 1.57. The van der Waals surface area contributed by atoms with Crippen LogP contribution in [0.5, 0.6) is 0 Å². The van der Waals surface area contributed by atoms with Crippen molar-refractivity contribution < 1.29 is 0 Å². The Bertz CT molecular complexity index is 361. The first-order valence-corrected chi connectivity index (χ1v) is 9.58. The zero-order valence-corrected chi connectivity index (χ0v) is 13.5. The molecule has 1 heterocycles. The molecule has 1 aromatic heterocycles. The highest BCUT2D eigenvalue weighted by molar-refractivity contribution is 7.10. The van der Waals surface area contributed by atoms with Crippen LogP contribution in [0.2, 0.25) is 0 Å². The number of hydrogen-bond acceptors (Lipinski definition) is 2. The Balaban J connectivity index is 1.46. The third-order valence-electron chi connectivity index (χ3n) is 5.35. The second-order valence-electron chi connectivity index (χ2n) is 6.78. The average molecular weight is 292 g/mol. The summed E-state index contributed by atoms with van der Waals surface area (Å²) in [6.07, 6.45) is 14.5. The van der Waals surface area contributed by atoms with Crippen molar-refractivity contribution >= 4 is 11.3 Å². The van der Waals surface area contributed by atoms with Gasteiger partial charge in [0.1, 0.15) is 0 Å². The van der Waals surface area contributed by atoms with Crippen molar-refractivity contribution in [3.05, 3.63) is 22.4 Å². The van der Waals surface area contributed by atoms with E-state index < -0.39 is 0 Å². The molecule has 0 aromatic carbocycles. The van der Waals surface area contributed by atoms with Crippen LogP contribution >= 0.6 is 11.3 Å². The first kappa shape index (κ1) is 14.6. The van der Waals surface area contributed by atoms with E-state index in [9.17, 15) is 0 Å². The van der Waals surface area contributed by atoms with E-state index in [2.05, 4.69) is 22.8 Å². The van der Waals surface area contributed by atoms with Gasteiger partial charge < -0.3 is 5.32 Å². The highest BCUT2D eigenvalue weighted by Crippen LogP contribution is 2.37. The summed E-state index contributed by atoms with van der Waals surface area (Å²) in [6.45, 7) is 1.22. The lowest BCUT2D eigenvalue weighted by Gasteiger charge is -2.24. The second kappa shape index (κ2) is 7.61. The normalized spacial score (nSPS) is 22.6. The summed E-state index contributed by atoms with van der Waals surface area (Å²) in [7, 11) is 0. The topological polar surface area (TPSA) is 12.0 Å². The molecule has 2 saturated carbocycles. The fourth-order valence-electron chi connectivity index (χ4n) is 4.21. The van der Waals surface area contributed by atoms with Gasteiger partial charge in [0.15, 0.2) is 0 Å². The molecule has 20 heavy (non-hydrogen) atoms. The summed E-state index contributed by atoms with van der Waals surface area (Å²) < 4.78 is 0. The van der Waals surface area contributed by atoms with Crippen LogP contribution in [0.1, 0.15) is 75.1 Å². The van der Waals surface area contributed by atoms with Crippen molar-refractivity contribution in [2.45, 2.75) is 70.3 Å². The highest BCUT2D eigenvalue weighted by Gasteiger charge is 2.26. The minimum Gasteiger partial charge on any atom is -0.309 e. The van der Waals surface area contributed by atoms with Crippen LogP contribution in [0, 0.1) is 11.8 Å². The summed E-state index contributed by atoms with van der Waals surface area (Å²) in [5.74, 6) is 1.93. The molecule has 0 saturated heterocycles. The van der Waals surface area contributed by atoms with E-state index in [1.807, 2.05) is 11.3 Å². The molecule has 1 unspecified atom stereocenters. The predicted molar refractivity (Wildman–Crippen MR) is 88.2 cm³/mol. The maximum Gasteiger partial charge on any atom is 0.0443 e. The summed E-state index contributed by atoms with van der Waals surface area (Å²) >= 11 is 1.94. The molecule has 2 fully saturated rings. The molecular formula is C18H29NS. The summed E-state index contributed by atoms with van der Waals surface area (Å²) in [5.41, 5.74) is 0. The molecule has 1 aromatic rings. The van der Waals surface area contributed by atoms with E-state index in [1.165, 1.54) is 70.8 Å². The van der Waals surface area contributed by atoms with Gasteiger partial charge in [0.25, 0.3) is 0 Å². The number of thiophene rings is 1. The molecule has 0 amide bonds. The van der Waals surface area contributed by atoms with Crippen LogP contribution in [0.4, 0.5) is 0 Å². The van der Waals surface area contributed by atoms with Crippen molar-refractivity contribution in [2.75, 3.05) is 6.54 Å². The van der Waals surface area contributed by atoms with Gasteiger partial charge in [-0.15, -0.1) is 11.3 Å². The van der Waals surface area contributed by atoms with Crippen LogP contribution in [-0.4, -0.2) is 6.54 Å². The molecule has 0 spiro atoms. The molecule has 2 aliphatic carbocycles. The van der Waals surface area contributed by atoms with E-state index in [4.69, 9.17) is 0 Å². The number of nitrogens with one attached hydrogen (secondary N) is 1. The molecule has 0 bridgehead atoms. The van der Waals surface area contributed by atoms with Gasteiger partial charge in [-0.3, -0.25) is 0 Å². The lowest BCUT2D eigenvalue weighted by Crippen LogP contribution is -2.27. The number of rotatable bonds is 7. The van der Waals surface area contributed by atoms with Crippen molar-refractivity contribution in [1.82, 2.24) is 5.32 Å². The fourth-order valence-corrected chi connectivity index (χ4v) is 5.10. The Morgan fingerprint density at radius 3 is 2.55 bits per heavy atom. The van der Waals surface area contributed by atoms with Crippen LogP contribution in [0.3, 0.4) is 0 Å².